The summed E-state index contributed by atoms with van der Waals surface area (Å²) in [6.07, 6.45) is -3.86. The molecule has 118 valence electrons. The van der Waals surface area contributed by atoms with E-state index in [1.165, 1.54) is 0 Å². The number of rotatable bonds is 3. The van der Waals surface area contributed by atoms with Gasteiger partial charge in [0.15, 0.2) is 0 Å². The highest BCUT2D eigenvalue weighted by atomic mass is 19.4. The monoisotopic (exact) mass is 311 g/mol. The maximum Gasteiger partial charge on any atom is 0.423 e. The van der Waals surface area contributed by atoms with Crippen LogP contribution in [0.2, 0.25) is 0 Å². The lowest BCUT2D eigenvalue weighted by Gasteiger charge is -2.23. The van der Waals surface area contributed by atoms with E-state index in [4.69, 9.17) is 4.74 Å². The van der Waals surface area contributed by atoms with Crippen molar-refractivity contribution in [3.8, 4) is 5.88 Å². The van der Waals surface area contributed by atoms with E-state index in [1.807, 2.05) is 6.07 Å². The van der Waals surface area contributed by atoms with Crippen molar-refractivity contribution in [1.29, 1.82) is 0 Å². The van der Waals surface area contributed by atoms with E-state index >= 15 is 0 Å². The number of nitrogens with one attached hydrogen (secondary N) is 1. The minimum atomic E-state index is -4.58. The fourth-order valence-electron chi connectivity index (χ4n) is 1.64. The second kappa shape index (κ2) is 5.82. The van der Waals surface area contributed by atoms with E-state index in [0.717, 1.165) is 6.20 Å². The van der Waals surface area contributed by atoms with Crippen LogP contribution in [0.15, 0.2) is 36.5 Å². The number of alkyl halides is 3. The summed E-state index contributed by atoms with van der Waals surface area (Å²) in [5.41, 5.74) is -1.14. The van der Waals surface area contributed by atoms with Crippen molar-refractivity contribution in [3.05, 3.63) is 42.1 Å². The van der Waals surface area contributed by atoms with Gasteiger partial charge in [-0.3, -0.25) is 0 Å². The third-order valence-corrected chi connectivity index (χ3v) is 2.49. The van der Waals surface area contributed by atoms with Gasteiger partial charge in [-0.05, 0) is 32.9 Å². The normalized spacial score (nSPS) is 12.1. The van der Waals surface area contributed by atoms with Crippen LogP contribution >= 0.6 is 0 Å². The fourth-order valence-corrected chi connectivity index (χ4v) is 1.64. The molecule has 0 saturated heterocycles. The second-order valence-corrected chi connectivity index (χ2v) is 5.62. The molecular weight excluding hydrogens is 295 g/mol. The molecule has 1 N–H and O–H groups in total. The van der Waals surface area contributed by atoms with Crippen LogP contribution in [0.5, 0.6) is 5.88 Å². The lowest BCUT2D eigenvalue weighted by molar-refractivity contribution is -0.140. The molecule has 2 rings (SSSR count). The van der Waals surface area contributed by atoms with E-state index in [2.05, 4.69) is 15.3 Å². The van der Waals surface area contributed by atoms with Crippen molar-refractivity contribution < 1.29 is 17.9 Å². The van der Waals surface area contributed by atoms with Gasteiger partial charge in [-0.2, -0.15) is 18.2 Å². The lowest BCUT2D eigenvalue weighted by atomic mass is 10.2. The maximum atomic E-state index is 13.0. The Kier molecular flexibility index (Phi) is 4.25. The summed E-state index contributed by atoms with van der Waals surface area (Å²) in [6, 6.07) is 8.92. The van der Waals surface area contributed by atoms with Crippen LogP contribution in [0, 0.1) is 0 Å². The third kappa shape index (κ3) is 4.34. The first-order valence-electron chi connectivity index (χ1n) is 6.60. The molecule has 0 unspecified atom stereocenters. The van der Waals surface area contributed by atoms with Gasteiger partial charge >= 0.3 is 6.18 Å². The highest BCUT2D eigenvalue weighted by molar-refractivity contribution is 5.53. The molecule has 0 bridgehead atoms. The number of para-hydroxylation sites is 1. The smallest absolute Gasteiger partial charge is 0.423 e. The molecule has 1 aromatic heterocycles. The highest BCUT2D eigenvalue weighted by Crippen LogP contribution is 2.36. The molecule has 1 aromatic carbocycles. The summed E-state index contributed by atoms with van der Waals surface area (Å²) in [7, 11) is 0. The summed E-state index contributed by atoms with van der Waals surface area (Å²) >= 11 is 0. The molecule has 0 spiro atoms. The zero-order valence-corrected chi connectivity index (χ0v) is 12.4. The Morgan fingerprint density at radius 3 is 2.23 bits per heavy atom. The van der Waals surface area contributed by atoms with E-state index < -0.39 is 23.2 Å². The van der Waals surface area contributed by atoms with Gasteiger partial charge in [0.05, 0.1) is 0 Å². The van der Waals surface area contributed by atoms with E-state index in [9.17, 15) is 13.2 Å². The van der Waals surface area contributed by atoms with Gasteiger partial charge in [0, 0.05) is 11.9 Å². The molecule has 0 atom stereocenters. The summed E-state index contributed by atoms with van der Waals surface area (Å²) in [4.78, 5) is 7.56. The summed E-state index contributed by atoms with van der Waals surface area (Å²) in [6.45, 7) is 4.96. The Hall–Kier alpha value is -2.31. The van der Waals surface area contributed by atoms with Gasteiger partial charge in [-0.15, -0.1) is 0 Å². The number of nitrogens with zero attached hydrogens (tertiary/aromatic N) is 2. The second-order valence-electron chi connectivity index (χ2n) is 5.62. The van der Waals surface area contributed by atoms with E-state index in [0.29, 0.717) is 5.69 Å². The molecule has 2 aromatic rings. The molecule has 0 fully saturated rings. The number of halogens is 3. The van der Waals surface area contributed by atoms with Crippen LogP contribution in [-0.2, 0) is 6.18 Å². The Balaban J connectivity index is 2.36. The first-order chi connectivity index (χ1) is 10.1. The summed E-state index contributed by atoms with van der Waals surface area (Å²) in [5, 5.41) is 2.84. The van der Waals surface area contributed by atoms with Crippen LogP contribution in [-0.4, -0.2) is 15.6 Å². The molecule has 0 radical (unpaired) electrons. The molecule has 0 saturated carbocycles. The van der Waals surface area contributed by atoms with Gasteiger partial charge in [0.2, 0.25) is 11.8 Å². The first-order valence-corrected chi connectivity index (χ1v) is 6.60. The molecular formula is C15H16F3N3O. The Morgan fingerprint density at radius 1 is 1.05 bits per heavy atom. The predicted molar refractivity (Wildman–Crippen MR) is 77.1 cm³/mol. The van der Waals surface area contributed by atoms with Crippen LogP contribution < -0.4 is 10.1 Å². The Morgan fingerprint density at radius 2 is 1.68 bits per heavy atom. The zero-order valence-electron chi connectivity index (χ0n) is 12.4. The third-order valence-electron chi connectivity index (χ3n) is 2.49. The number of benzene rings is 1. The highest BCUT2D eigenvalue weighted by Gasteiger charge is 2.37. The van der Waals surface area contributed by atoms with Crippen LogP contribution in [0.3, 0.4) is 0 Å². The number of anilines is 2. The van der Waals surface area contributed by atoms with Gasteiger partial charge in [0.25, 0.3) is 0 Å². The van der Waals surface area contributed by atoms with Crippen LogP contribution in [0.1, 0.15) is 26.3 Å². The predicted octanol–water partition coefficient (Wildman–Crippen LogP) is 4.42. The maximum absolute atomic E-state index is 13.0. The van der Waals surface area contributed by atoms with Gasteiger partial charge in [-0.25, -0.2) is 4.98 Å². The first kappa shape index (κ1) is 16.1. The average Bonchev–Trinajstić information content (AvgIpc) is 2.36. The molecule has 0 aliphatic heterocycles. The molecule has 22 heavy (non-hydrogen) atoms. The minimum Gasteiger partial charge on any atom is -0.471 e. The molecule has 0 aliphatic carbocycles. The van der Waals surface area contributed by atoms with Gasteiger partial charge in [0.1, 0.15) is 11.2 Å². The van der Waals surface area contributed by atoms with Crippen molar-refractivity contribution in [1.82, 2.24) is 9.97 Å². The number of aromatic nitrogens is 2. The van der Waals surface area contributed by atoms with Crippen molar-refractivity contribution >= 4 is 11.6 Å². The molecule has 0 aliphatic rings. The number of hydrogen-bond acceptors (Lipinski definition) is 4. The molecule has 7 heteroatoms. The topological polar surface area (TPSA) is 47.0 Å². The van der Waals surface area contributed by atoms with Gasteiger partial charge < -0.3 is 10.1 Å². The number of ether oxygens (including phenoxy) is 1. The summed E-state index contributed by atoms with van der Waals surface area (Å²) < 4.78 is 44.3. The number of hydrogen-bond donors (Lipinski definition) is 1. The van der Waals surface area contributed by atoms with E-state index in [-0.39, 0.29) is 5.95 Å². The van der Waals surface area contributed by atoms with Crippen molar-refractivity contribution in [2.45, 2.75) is 32.5 Å². The van der Waals surface area contributed by atoms with Crippen LogP contribution in [0.25, 0.3) is 0 Å². The fraction of sp³-hybridized carbons (Fsp3) is 0.333. The van der Waals surface area contributed by atoms with Crippen molar-refractivity contribution in [2.75, 3.05) is 5.32 Å². The quantitative estimate of drug-likeness (QED) is 0.911. The Bertz CT molecular complexity index is 637. The minimum absolute atomic E-state index is 0.0402. The SMILES string of the molecule is CC(C)(C)Oc1nc(Nc2ccccc2)ncc1C(F)(F)F. The summed E-state index contributed by atoms with van der Waals surface area (Å²) in [5.74, 6) is -0.452. The van der Waals surface area contributed by atoms with E-state index in [1.54, 1.807) is 45.0 Å². The largest absolute Gasteiger partial charge is 0.471 e. The molecule has 0 amide bonds. The Labute approximate surface area is 126 Å². The van der Waals surface area contributed by atoms with Crippen molar-refractivity contribution in [2.24, 2.45) is 0 Å². The van der Waals surface area contributed by atoms with Gasteiger partial charge in [-0.1, -0.05) is 18.2 Å². The average molecular weight is 311 g/mol. The molecule has 1 heterocycles. The standard InChI is InChI=1S/C15H16F3N3O/c1-14(2,3)22-12-11(15(16,17)18)9-19-13(21-12)20-10-7-5-4-6-8-10/h4-9H,1-3H3,(H,19,20,21). The molecule has 4 nitrogen and oxygen atoms in total. The van der Waals surface area contributed by atoms with Crippen molar-refractivity contribution in [3.63, 3.8) is 0 Å². The van der Waals surface area contributed by atoms with Crippen LogP contribution in [0.4, 0.5) is 24.8 Å². The zero-order chi connectivity index (χ0) is 16.4. The lowest BCUT2D eigenvalue weighted by Crippen LogP contribution is -2.26.